The van der Waals surface area contributed by atoms with Gasteiger partial charge in [-0.2, -0.15) is 8.78 Å². The number of halogens is 7. The second-order valence-electron chi connectivity index (χ2n) is 5.74. The third-order valence-electron chi connectivity index (χ3n) is 3.81. The fourth-order valence-electron chi connectivity index (χ4n) is 2.48. The minimum Gasteiger partial charge on any atom is -0.429 e. The third-order valence-corrected chi connectivity index (χ3v) is 4.53. The van der Waals surface area contributed by atoms with E-state index in [9.17, 15) is 26.3 Å². The SMILES string of the molecule is Nc1c(F)cc(OC(F)(F)c2c(F)cc(-c3ccc(I)cc3)cc2F)cc1F. The molecule has 9 heteroatoms. The van der Waals surface area contributed by atoms with Gasteiger partial charge in [-0.1, -0.05) is 12.1 Å². The van der Waals surface area contributed by atoms with Crippen LogP contribution in [0.3, 0.4) is 0 Å². The van der Waals surface area contributed by atoms with Gasteiger partial charge >= 0.3 is 6.11 Å². The zero-order valence-electron chi connectivity index (χ0n) is 13.8. The molecular weight excluding hydrogens is 499 g/mol. The maximum atomic E-state index is 14.3. The molecular formula is C19H10F6INO. The van der Waals surface area contributed by atoms with Crippen molar-refractivity contribution in [1.29, 1.82) is 0 Å². The van der Waals surface area contributed by atoms with Crippen molar-refractivity contribution in [3.05, 3.63) is 80.9 Å². The van der Waals surface area contributed by atoms with E-state index in [0.717, 1.165) is 15.7 Å². The molecule has 0 saturated carbocycles. The van der Waals surface area contributed by atoms with Crippen LogP contribution in [0.2, 0.25) is 0 Å². The van der Waals surface area contributed by atoms with E-state index in [-0.39, 0.29) is 5.56 Å². The van der Waals surface area contributed by atoms with E-state index < -0.39 is 46.4 Å². The average Bonchev–Trinajstić information content (AvgIpc) is 2.59. The summed E-state index contributed by atoms with van der Waals surface area (Å²) >= 11 is 2.04. The molecule has 0 aromatic heterocycles. The molecule has 0 bridgehead atoms. The van der Waals surface area contributed by atoms with Gasteiger partial charge in [-0.05, 0) is 58.0 Å². The average molecular weight is 509 g/mol. The number of nitrogens with two attached hydrogens (primary N) is 1. The van der Waals surface area contributed by atoms with Gasteiger partial charge in [-0.15, -0.1) is 0 Å². The Bertz CT molecular complexity index is 993. The number of hydrogen-bond acceptors (Lipinski definition) is 2. The molecule has 28 heavy (non-hydrogen) atoms. The van der Waals surface area contributed by atoms with Crippen LogP contribution in [0.25, 0.3) is 11.1 Å². The topological polar surface area (TPSA) is 35.2 Å². The molecule has 0 aliphatic rings. The molecule has 0 saturated heterocycles. The second kappa shape index (κ2) is 7.53. The fraction of sp³-hybridized carbons (Fsp3) is 0.0526. The summed E-state index contributed by atoms with van der Waals surface area (Å²) in [6, 6.07) is 8.74. The van der Waals surface area contributed by atoms with Crippen molar-refractivity contribution < 1.29 is 31.1 Å². The Morgan fingerprint density at radius 3 is 1.75 bits per heavy atom. The standard InChI is InChI=1S/C19H10F6INO/c20-13-5-10(9-1-3-11(26)4-2-9)6-14(21)17(13)19(24,25)28-12-7-15(22)18(27)16(23)8-12/h1-8H,27H2. The lowest BCUT2D eigenvalue weighted by Crippen LogP contribution is -2.25. The Hall–Kier alpha value is -2.43. The first-order valence-corrected chi connectivity index (χ1v) is 8.73. The van der Waals surface area contributed by atoms with Gasteiger partial charge in [0, 0.05) is 15.7 Å². The highest BCUT2D eigenvalue weighted by atomic mass is 127. The van der Waals surface area contributed by atoms with Crippen molar-refractivity contribution in [3.63, 3.8) is 0 Å². The third kappa shape index (κ3) is 4.03. The largest absolute Gasteiger partial charge is 0.432 e. The van der Waals surface area contributed by atoms with Gasteiger partial charge in [0.2, 0.25) is 0 Å². The highest BCUT2D eigenvalue weighted by molar-refractivity contribution is 14.1. The molecule has 146 valence electrons. The summed E-state index contributed by atoms with van der Waals surface area (Å²) in [5.41, 5.74) is 2.92. The van der Waals surface area contributed by atoms with Crippen LogP contribution in [0.5, 0.6) is 5.75 Å². The monoisotopic (exact) mass is 509 g/mol. The van der Waals surface area contributed by atoms with Crippen LogP contribution in [-0.4, -0.2) is 0 Å². The van der Waals surface area contributed by atoms with Gasteiger partial charge in [0.05, 0.1) is 0 Å². The van der Waals surface area contributed by atoms with Gasteiger partial charge in [0.15, 0.2) is 11.6 Å². The molecule has 2 N–H and O–H groups in total. The zero-order chi connectivity index (χ0) is 20.6. The highest BCUT2D eigenvalue weighted by Crippen LogP contribution is 2.38. The number of nitrogen functional groups attached to an aromatic ring is 1. The van der Waals surface area contributed by atoms with E-state index in [0.29, 0.717) is 17.7 Å². The molecule has 2 nitrogen and oxygen atoms in total. The molecule has 3 aromatic rings. The summed E-state index contributed by atoms with van der Waals surface area (Å²) in [5, 5.41) is 0. The van der Waals surface area contributed by atoms with Gasteiger partial charge in [-0.3, -0.25) is 0 Å². The summed E-state index contributed by atoms with van der Waals surface area (Å²) in [5.74, 6) is -6.82. The Morgan fingerprint density at radius 2 is 1.25 bits per heavy atom. The van der Waals surface area contributed by atoms with Crippen molar-refractivity contribution in [2.45, 2.75) is 6.11 Å². The van der Waals surface area contributed by atoms with Crippen LogP contribution in [-0.2, 0) is 6.11 Å². The first kappa shape index (κ1) is 20.3. The van der Waals surface area contributed by atoms with Gasteiger partial charge < -0.3 is 10.5 Å². The first-order valence-electron chi connectivity index (χ1n) is 7.65. The molecule has 0 aliphatic heterocycles. The summed E-state index contributed by atoms with van der Waals surface area (Å²) < 4.78 is 89.2. The van der Waals surface area contributed by atoms with Crippen LogP contribution in [0, 0.1) is 26.8 Å². The van der Waals surface area contributed by atoms with Crippen molar-refractivity contribution in [1.82, 2.24) is 0 Å². The predicted octanol–water partition coefficient (Wildman–Crippen LogP) is 6.23. The van der Waals surface area contributed by atoms with Gasteiger partial charge in [0.1, 0.15) is 28.6 Å². The Balaban J connectivity index is 1.99. The maximum Gasteiger partial charge on any atom is 0.432 e. The minimum absolute atomic E-state index is 0.0375. The lowest BCUT2D eigenvalue weighted by molar-refractivity contribution is -0.189. The molecule has 0 spiro atoms. The maximum absolute atomic E-state index is 14.3. The minimum atomic E-state index is -4.53. The highest BCUT2D eigenvalue weighted by Gasteiger charge is 2.41. The molecule has 3 aromatic carbocycles. The first-order chi connectivity index (χ1) is 13.1. The number of anilines is 1. The van der Waals surface area contributed by atoms with Crippen LogP contribution in [0.15, 0.2) is 48.5 Å². The number of alkyl halides is 2. The molecule has 0 radical (unpaired) electrons. The Morgan fingerprint density at radius 1 is 0.750 bits per heavy atom. The van der Waals surface area contributed by atoms with E-state index >= 15 is 0 Å². The van der Waals surface area contributed by atoms with Crippen molar-refractivity contribution >= 4 is 28.3 Å². The fourth-order valence-corrected chi connectivity index (χ4v) is 2.84. The molecule has 0 amide bonds. The molecule has 3 rings (SSSR count). The molecule has 0 heterocycles. The number of rotatable bonds is 4. The second-order valence-corrected chi connectivity index (χ2v) is 6.99. The number of ether oxygens (including phenoxy) is 1. The summed E-state index contributed by atoms with van der Waals surface area (Å²) in [6.45, 7) is 0. The lowest BCUT2D eigenvalue weighted by atomic mass is 10.0. The normalized spacial score (nSPS) is 11.5. The lowest BCUT2D eigenvalue weighted by Gasteiger charge is -2.20. The van der Waals surface area contributed by atoms with Crippen LogP contribution in [0.4, 0.5) is 32.0 Å². The zero-order valence-corrected chi connectivity index (χ0v) is 15.9. The van der Waals surface area contributed by atoms with Crippen LogP contribution < -0.4 is 10.5 Å². The van der Waals surface area contributed by atoms with E-state index in [2.05, 4.69) is 4.74 Å². The predicted molar refractivity (Wildman–Crippen MR) is 99.8 cm³/mol. The van der Waals surface area contributed by atoms with Crippen molar-refractivity contribution in [2.75, 3.05) is 5.73 Å². The summed E-state index contributed by atoms with van der Waals surface area (Å²) in [4.78, 5) is 0. The van der Waals surface area contributed by atoms with Gasteiger partial charge in [-0.25, -0.2) is 17.6 Å². The van der Waals surface area contributed by atoms with Crippen molar-refractivity contribution in [2.24, 2.45) is 0 Å². The van der Waals surface area contributed by atoms with Crippen LogP contribution >= 0.6 is 22.6 Å². The number of hydrogen-bond donors (Lipinski definition) is 1. The summed E-state index contributed by atoms with van der Waals surface area (Å²) in [7, 11) is 0. The van der Waals surface area contributed by atoms with E-state index in [4.69, 9.17) is 5.73 Å². The molecule has 0 aliphatic carbocycles. The van der Waals surface area contributed by atoms with E-state index in [1.807, 2.05) is 22.6 Å². The molecule has 0 atom stereocenters. The number of benzene rings is 3. The quantitative estimate of drug-likeness (QED) is 0.258. The van der Waals surface area contributed by atoms with Crippen molar-refractivity contribution in [3.8, 4) is 16.9 Å². The van der Waals surface area contributed by atoms with E-state index in [1.54, 1.807) is 24.3 Å². The molecule has 0 unspecified atom stereocenters. The Labute approximate surface area is 169 Å². The Kier molecular flexibility index (Phi) is 5.46. The van der Waals surface area contributed by atoms with E-state index in [1.165, 1.54) is 0 Å². The van der Waals surface area contributed by atoms with Gasteiger partial charge in [0.25, 0.3) is 0 Å². The smallest absolute Gasteiger partial charge is 0.429 e. The molecule has 0 fully saturated rings. The van der Waals surface area contributed by atoms with Crippen LogP contribution in [0.1, 0.15) is 5.56 Å². The summed E-state index contributed by atoms with van der Waals surface area (Å²) in [6.07, 6.45) is -4.53.